The second-order valence-corrected chi connectivity index (χ2v) is 9.58. The molecule has 1 N–H and O–H groups in total. The van der Waals surface area contributed by atoms with Crippen molar-refractivity contribution in [1.29, 1.82) is 0 Å². The van der Waals surface area contributed by atoms with Gasteiger partial charge in [-0.2, -0.15) is 0 Å². The molecule has 0 bridgehead atoms. The van der Waals surface area contributed by atoms with Gasteiger partial charge >= 0.3 is 0 Å². The molecule has 1 aliphatic rings. The number of likely N-dealkylation sites (tertiary alicyclic amines) is 1. The van der Waals surface area contributed by atoms with Crippen LogP contribution in [0.2, 0.25) is 0 Å². The first-order chi connectivity index (χ1) is 13.5. The molecule has 0 radical (unpaired) electrons. The Balaban J connectivity index is 1.57. The van der Waals surface area contributed by atoms with E-state index in [9.17, 15) is 13.2 Å². The third-order valence-electron chi connectivity index (χ3n) is 5.60. The summed E-state index contributed by atoms with van der Waals surface area (Å²) in [6.45, 7) is 0.946. The summed E-state index contributed by atoms with van der Waals surface area (Å²) in [5, 5.41) is 0.875. The molecule has 2 heterocycles. The lowest BCUT2D eigenvalue weighted by Crippen LogP contribution is -2.32. The van der Waals surface area contributed by atoms with E-state index in [4.69, 9.17) is 0 Å². The molecule has 0 aliphatic carbocycles. The lowest BCUT2D eigenvalue weighted by molar-refractivity contribution is 0.0892. The van der Waals surface area contributed by atoms with Crippen molar-refractivity contribution < 1.29 is 13.2 Å². The number of likely N-dealkylation sites (N-methyl/N-ethyl adjacent to an activating group) is 1. The number of aromatic nitrogens is 1. The van der Waals surface area contributed by atoms with Crippen molar-refractivity contribution in [3.05, 3.63) is 65.9 Å². The molecule has 3 aromatic rings. The molecule has 4 rings (SSSR count). The number of aromatic amines is 1. The molecule has 2 aromatic carbocycles. The van der Waals surface area contributed by atoms with Crippen LogP contribution in [-0.2, 0) is 16.3 Å². The van der Waals surface area contributed by atoms with Crippen LogP contribution in [0.4, 0.5) is 0 Å². The smallest absolute Gasteiger partial charge is 0.182 e. The number of carbonyl (C=O) groups excluding carboxylic acids is 1. The van der Waals surface area contributed by atoms with E-state index in [1.807, 2.05) is 25.2 Å². The number of fused-ring (bicyclic) bond motifs is 1. The van der Waals surface area contributed by atoms with E-state index < -0.39 is 9.84 Å². The van der Waals surface area contributed by atoms with E-state index in [0.717, 1.165) is 35.9 Å². The zero-order chi connectivity index (χ0) is 19.7. The first-order valence-corrected chi connectivity index (χ1v) is 11.2. The zero-order valence-electron chi connectivity index (χ0n) is 15.9. The fourth-order valence-electron chi connectivity index (χ4n) is 3.95. The lowest BCUT2D eigenvalue weighted by Gasteiger charge is -2.17. The number of nitrogens with one attached hydrogen (secondary N) is 1. The maximum atomic E-state index is 13.0. The zero-order valence-corrected chi connectivity index (χ0v) is 16.7. The molecule has 1 unspecified atom stereocenters. The SMILES string of the molecule is CN1CCCC1C(=O)c1c[nH]c2ccc(CCS(=O)(=O)c3ccccc3)cc12. The molecule has 1 aliphatic heterocycles. The van der Waals surface area contributed by atoms with E-state index >= 15 is 0 Å². The van der Waals surface area contributed by atoms with Crippen molar-refractivity contribution in [2.45, 2.75) is 30.2 Å². The van der Waals surface area contributed by atoms with Crippen LogP contribution < -0.4 is 0 Å². The third-order valence-corrected chi connectivity index (χ3v) is 7.33. The summed E-state index contributed by atoms with van der Waals surface area (Å²) in [4.78, 5) is 18.6. The van der Waals surface area contributed by atoms with Crippen molar-refractivity contribution in [3.8, 4) is 0 Å². The molecular formula is C22H24N2O3S. The van der Waals surface area contributed by atoms with Gasteiger partial charge in [0, 0.05) is 22.7 Å². The Morgan fingerprint density at radius 2 is 1.96 bits per heavy atom. The van der Waals surface area contributed by atoms with Crippen LogP contribution >= 0.6 is 0 Å². The highest BCUT2D eigenvalue weighted by atomic mass is 32.2. The van der Waals surface area contributed by atoms with E-state index in [-0.39, 0.29) is 17.6 Å². The summed E-state index contributed by atoms with van der Waals surface area (Å²) < 4.78 is 25.1. The monoisotopic (exact) mass is 396 g/mol. The van der Waals surface area contributed by atoms with Gasteiger partial charge in [0.1, 0.15) is 0 Å². The fraction of sp³-hybridized carbons (Fsp3) is 0.318. The van der Waals surface area contributed by atoms with E-state index in [2.05, 4.69) is 9.88 Å². The average molecular weight is 397 g/mol. The normalized spacial score (nSPS) is 18.0. The highest BCUT2D eigenvalue weighted by molar-refractivity contribution is 7.91. The molecule has 1 saturated heterocycles. The maximum Gasteiger partial charge on any atom is 0.182 e. The van der Waals surface area contributed by atoms with E-state index in [0.29, 0.717) is 16.9 Å². The van der Waals surface area contributed by atoms with Gasteiger partial charge in [-0.05, 0) is 62.7 Å². The number of rotatable bonds is 6. The van der Waals surface area contributed by atoms with Crippen LogP contribution in [-0.4, -0.2) is 49.5 Å². The molecule has 1 atom stereocenters. The number of hydrogen-bond donors (Lipinski definition) is 1. The van der Waals surface area contributed by atoms with Crippen molar-refractivity contribution in [1.82, 2.24) is 9.88 Å². The van der Waals surface area contributed by atoms with Gasteiger partial charge in [0.25, 0.3) is 0 Å². The molecule has 0 saturated carbocycles. The molecule has 6 heteroatoms. The summed E-state index contributed by atoms with van der Waals surface area (Å²) in [5.41, 5.74) is 2.51. The van der Waals surface area contributed by atoms with Gasteiger partial charge in [-0.1, -0.05) is 24.3 Å². The maximum absolute atomic E-state index is 13.0. The highest BCUT2D eigenvalue weighted by Gasteiger charge is 2.30. The summed E-state index contributed by atoms with van der Waals surface area (Å²) in [6, 6.07) is 14.3. The van der Waals surface area contributed by atoms with Crippen LogP contribution in [0.1, 0.15) is 28.8 Å². The molecule has 0 spiro atoms. The number of carbonyl (C=O) groups is 1. The van der Waals surface area contributed by atoms with Gasteiger partial charge in [0.2, 0.25) is 0 Å². The number of nitrogens with zero attached hydrogens (tertiary/aromatic N) is 1. The second-order valence-electron chi connectivity index (χ2n) is 7.47. The fourth-order valence-corrected chi connectivity index (χ4v) is 5.26. The molecule has 1 aromatic heterocycles. The van der Waals surface area contributed by atoms with Gasteiger partial charge < -0.3 is 4.98 Å². The number of benzene rings is 2. The Morgan fingerprint density at radius 3 is 2.68 bits per heavy atom. The Morgan fingerprint density at radius 1 is 1.18 bits per heavy atom. The Kier molecular flexibility index (Phi) is 5.08. The molecular weight excluding hydrogens is 372 g/mol. The Bertz CT molecular complexity index is 1100. The largest absolute Gasteiger partial charge is 0.360 e. The van der Waals surface area contributed by atoms with Gasteiger partial charge in [-0.25, -0.2) is 8.42 Å². The third kappa shape index (κ3) is 3.62. The second kappa shape index (κ2) is 7.53. The lowest BCUT2D eigenvalue weighted by atomic mass is 10.00. The molecule has 28 heavy (non-hydrogen) atoms. The molecule has 146 valence electrons. The van der Waals surface area contributed by atoms with Gasteiger partial charge in [-0.3, -0.25) is 9.69 Å². The number of ketones is 1. The van der Waals surface area contributed by atoms with E-state index in [1.165, 1.54) is 0 Å². The first kappa shape index (κ1) is 18.9. The van der Waals surface area contributed by atoms with Crippen molar-refractivity contribution in [2.24, 2.45) is 0 Å². The van der Waals surface area contributed by atoms with Crippen LogP contribution in [0.25, 0.3) is 10.9 Å². The summed E-state index contributed by atoms with van der Waals surface area (Å²) in [7, 11) is -1.34. The predicted molar refractivity (Wildman–Crippen MR) is 110 cm³/mol. The number of sulfone groups is 1. The summed E-state index contributed by atoms with van der Waals surface area (Å²) in [6.07, 6.45) is 4.12. The standard InChI is InChI=1S/C22H24N2O3S/c1-24-12-5-8-21(24)22(25)19-15-23-20-10-9-16(14-18(19)20)11-13-28(26,27)17-6-3-2-4-7-17/h2-4,6-7,9-10,14-15,21,23H,5,8,11-13H2,1H3. The van der Waals surface area contributed by atoms with E-state index in [1.54, 1.807) is 36.5 Å². The minimum atomic E-state index is -3.33. The van der Waals surface area contributed by atoms with Crippen LogP contribution in [0, 0.1) is 0 Å². The average Bonchev–Trinajstić information content (AvgIpc) is 3.32. The minimum Gasteiger partial charge on any atom is -0.360 e. The molecule has 5 nitrogen and oxygen atoms in total. The van der Waals surface area contributed by atoms with Gasteiger partial charge in [0.05, 0.1) is 16.7 Å². The van der Waals surface area contributed by atoms with Crippen molar-refractivity contribution in [2.75, 3.05) is 19.3 Å². The topological polar surface area (TPSA) is 70.2 Å². The van der Waals surface area contributed by atoms with Crippen LogP contribution in [0.15, 0.2) is 59.6 Å². The van der Waals surface area contributed by atoms with Crippen LogP contribution in [0.5, 0.6) is 0 Å². The number of hydrogen-bond acceptors (Lipinski definition) is 4. The number of H-pyrrole nitrogens is 1. The van der Waals surface area contributed by atoms with Gasteiger partial charge in [-0.15, -0.1) is 0 Å². The minimum absolute atomic E-state index is 0.0432. The highest BCUT2D eigenvalue weighted by Crippen LogP contribution is 2.26. The first-order valence-electron chi connectivity index (χ1n) is 9.58. The quantitative estimate of drug-likeness (QED) is 0.648. The Labute approximate surface area is 165 Å². The van der Waals surface area contributed by atoms with Gasteiger partial charge in [0.15, 0.2) is 15.6 Å². The van der Waals surface area contributed by atoms with Crippen molar-refractivity contribution in [3.63, 3.8) is 0 Å². The predicted octanol–water partition coefficient (Wildman–Crippen LogP) is 3.46. The summed E-state index contributed by atoms with van der Waals surface area (Å²) >= 11 is 0. The number of aryl methyl sites for hydroxylation is 1. The van der Waals surface area contributed by atoms with Crippen molar-refractivity contribution >= 4 is 26.5 Å². The summed E-state index contributed by atoms with van der Waals surface area (Å²) in [5.74, 6) is 0.182. The number of Topliss-reactive ketones (excluding diaryl/α,β-unsaturated/α-hetero) is 1. The molecule has 0 amide bonds. The van der Waals surface area contributed by atoms with Crippen LogP contribution in [0.3, 0.4) is 0 Å². The molecule has 1 fully saturated rings. The Hall–Kier alpha value is -2.44.